The molecule has 1 nitrogen and oxygen atoms in total. The number of anilines is 1. The van der Waals surface area contributed by atoms with Gasteiger partial charge in [-0.05, 0) is 37.0 Å². The summed E-state index contributed by atoms with van der Waals surface area (Å²) < 4.78 is 2.49. The third-order valence-corrected chi connectivity index (χ3v) is 5.07. The van der Waals surface area contributed by atoms with Crippen LogP contribution in [-0.2, 0) is 0 Å². The minimum absolute atomic E-state index is 0.774. The van der Waals surface area contributed by atoms with Crippen molar-refractivity contribution in [1.82, 2.24) is 0 Å². The zero-order valence-electron chi connectivity index (χ0n) is 9.04. The largest absolute Gasteiger partial charge is 0.311 e. The molecule has 1 saturated carbocycles. The number of rotatable bonds is 0. The third kappa shape index (κ3) is 1.49. The van der Waals surface area contributed by atoms with E-state index >= 15 is 0 Å². The van der Waals surface area contributed by atoms with Crippen LogP contribution >= 0.6 is 22.9 Å². The zero-order chi connectivity index (χ0) is 10.4. The Kier molecular flexibility index (Phi) is 2.42. The van der Waals surface area contributed by atoms with Gasteiger partial charge in [0.25, 0.3) is 0 Å². The van der Waals surface area contributed by atoms with E-state index in [1.54, 1.807) is 5.56 Å². The molecule has 0 aromatic heterocycles. The Morgan fingerprint density at radius 3 is 2.93 bits per heavy atom. The van der Waals surface area contributed by atoms with Crippen molar-refractivity contribution in [1.29, 1.82) is 0 Å². The maximum absolute atomic E-state index is 2.51. The normalized spacial score (nSPS) is 28.8. The van der Waals surface area contributed by atoms with E-state index in [0.717, 1.165) is 12.0 Å². The monoisotopic (exact) mass is 313 g/mol. The van der Waals surface area contributed by atoms with E-state index in [9.17, 15) is 0 Å². The Balaban J connectivity index is 2.07. The molecule has 1 aromatic rings. The molecular weight excluding hydrogens is 297 g/mol. The number of fused-ring (bicyclic) bond motifs is 3. The fraction of sp³-hybridized carbons (Fsp3) is 0.538. The van der Waals surface area contributed by atoms with E-state index in [2.05, 4.69) is 51.1 Å². The summed E-state index contributed by atoms with van der Waals surface area (Å²) in [5.74, 6) is 0.811. The highest BCUT2D eigenvalue weighted by molar-refractivity contribution is 14.1. The average Bonchev–Trinajstić information content (AvgIpc) is 2.54. The van der Waals surface area contributed by atoms with Crippen molar-refractivity contribution in [3.05, 3.63) is 29.3 Å². The topological polar surface area (TPSA) is 3.24 Å². The molecule has 2 aliphatic rings. The first kappa shape index (κ1) is 9.94. The van der Waals surface area contributed by atoms with Gasteiger partial charge >= 0.3 is 0 Å². The van der Waals surface area contributed by atoms with Crippen LogP contribution in [0.15, 0.2) is 18.2 Å². The minimum Gasteiger partial charge on any atom is -0.311 e. The number of aryl methyl sites for hydroxylation is 1. The van der Waals surface area contributed by atoms with Crippen molar-refractivity contribution >= 4 is 28.6 Å². The lowest BCUT2D eigenvalue weighted by Gasteiger charge is -2.29. The number of benzene rings is 1. The maximum atomic E-state index is 2.51. The fourth-order valence-corrected chi connectivity index (χ4v) is 4.16. The summed E-state index contributed by atoms with van der Waals surface area (Å²) in [4.78, 5) is 0. The van der Waals surface area contributed by atoms with Gasteiger partial charge in [-0.2, -0.15) is 0 Å². The van der Waals surface area contributed by atoms with E-state index < -0.39 is 0 Å². The van der Waals surface area contributed by atoms with Crippen LogP contribution in [0.3, 0.4) is 0 Å². The van der Waals surface area contributed by atoms with Gasteiger partial charge < -0.3 is 3.11 Å². The smallest absolute Gasteiger partial charge is 0.0594 e. The molecule has 0 amide bonds. The van der Waals surface area contributed by atoms with Gasteiger partial charge in [0.05, 0.1) is 22.9 Å². The van der Waals surface area contributed by atoms with Crippen molar-refractivity contribution in [3.8, 4) is 0 Å². The average molecular weight is 313 g/mol. The molecule has 0 saturated heterocycles. The standard InChI is InChI=1S/C13H16IN/c1-9-6-7-11-10-4-2-3-5-12(10)15(14)13(11)8-9/h6-8,10,12H,2-5H2,1H3. The molecule has 1 aromatic carbocycles. The van der Waals surface area contributed by atoms with E-state index in [1.807, 2.05) is 0 Å². The van der Waals surface area contributed by atoms with E-state index in [-0.39, 0.29) is 0 Å². The molecule has 3 rings (SSSR count). The van der Waals surface area contributed by atoms with Gasteiger partial charge in [-0.1, -0.05) is 25.0 Å². The molecule has 2 heteroatoms. The lowest BCUT2D eigenvalue weighted by Crippen LogP contribution is -2.28. The summed E-state index contributed by atoms with van der Waals surface area (Å²) in [6.07, 6.45) is 5.59. The van der Waals surface area contributed by atoms with Crippen molar-refractivity contribution < 1.29 is 0 Å². The summed E-state index contributed by atoms with van der Waals surface area (Å²) in [6.45, 7) is 2.19. The second-order valence-electron chi connectivity index (χ2n) is 4.83. The van der Waals surface area contributed by atoms with Crippen molar-refractivity contribution in [2.75, 3.05) is 3.11 Å². The van der Waals surface area contributed by atoms with Gasteiger partial charge in [0.1, 0.15) is 0 Å². The number of nitrogens with zero attached hydrogens (tertiary/aromatic N) is 1. The fourth-order valence-electron chi connectivity index (χ4n) is 3.08. The maximum Gasteiger partial charge on any atom is 0.0594 e. The molecule has 1 heterocycles. The van der Waals surface area contributed by atoms with Crippen LogP contribution in [-0.4, -0.2) is 6.04 Å². The van der Waals surface area contributed by atoms with Crippen molar-refractivity contribution in [2.24, 2.45) is 0 Å². The van der Waals surface area contributed by atoms with Crippen LogP contribution < -0.4 is 3.11 Å². The number of hydrogen-bond acceptors (Lipinski definition) is 1. The van der Waals surface area contributed by atoms with E-state index in [0.29, 0.717) is 0 Å². The van der Waals surface area contributed by atoms with Crippen molar-refractivity contribution in [2.45, 2.75) is 44.6 Å². The molecule has 0 radical (unpaired) electrons. The highest BCUT2D eigenvalue weighted by atomic mass is 127. The molecule has 1 aliphatic heterocycles. The number of hydrogen-bond donors (Lipinski definition) is 0. The molecule has 2 unspecified atom stereocenters. The Bertz CT molecular complexity index is 388. The first-order valence-corrected chi connectivity index (χ1v) is 6.79. The summed E-state index contributed by atoms with van der Waals surface area (Å²) in [7, 11) is 0. The van der Waals surface area contributed by atoms with Gasteiger partial charge in [-0.15, -0.1) is 0 Å². The summed E-state index contributed by atoms with van der Waals surface area (Å²) in [6, 6.07) is 7.74. The summed E-state index contributed by atoms with van der Waals surface area (Å²) >= 11 is 2.51. The lowest BCUT2D eigenvalue weighted by molar-refractivity contribution is 0.413. The summed E-state index contributed by atoms with van der Waals surface area (Å²) in [5, 5.41) is 0. The van der Waals surface area contributed by atoms with Gasteiger partial charge in [-0.25, -0.2) is 0 Å². The predicted octanol–water partition coefficient (Wildman–Crippen LogP) is 4.19. The molecule has 1 fully saturated rings. The van der Waals surface area contributed by atoms with Crippen LogP contribution in [0.5, 0.6) is 0 Å². The van der Waals surface area contributed by atoms with Crippen LogP contribution in [0.25, 0.3) is 0 Å². The van der Waals surface area contributed by atoms with Crippen LogP contribution in [0.2, 0.25) is 0 Å². The Labute approximate surface area is 105 Å². The predicted molar refractivity (Wildman–Crippen MR) is 72.7 cm³/mol. The molecule has 80 valence electrons. The Morgan fingerprint density at radius 1 is 1.27 bits per heavy atom. The third-order valence-electron chi connectivity index (χ3n) is 3.84. The van der Waals surface area contributed by atoms with Crippen molar-refractivity contribution in [3.63, 3.8) is 0 Å². The van der Waals surface area contributed by atoms with Crippen LogP contribution in [0, 0.1) is 6.92 Å². The van der Waals surface area contributed by atoms with Crippen LogP contribution in [0.1, 0.15) is 42.7 Å². The van der Waals surface area contributed by atoms with Gasteiger partial charge in [0.2, 0.25) is 0 Å². The number of halogens is 1. The molecule has 0 N–H and O–H groups in total. The summed E-state index contributed by atoms with van der Waals surface area (Å²) in [5.41, 5.74) is 4.46. The van der Waals surface area contributed by atoms with E-state index in [1.165, 1.54) is 36.9 Å². The first-order chi connectivity index (χ1) is 7.27. The molecule has 15 heavy (non-hydrogen) atoms. The Morgan fingerprint density at radius 2 is 2.07 bits per heavy atom. The second kappa shape index (κ2) is 3.65. The highest BCUT2D eigenvalue weighted by Crippen LogP contribution is 2.49. The lowest BCUT2D eigenvalue weighted by atomic mass is 9.83. The SMILES string of the molecule is Cc1ccc2c(c1)N(I)C1CCCCC21. The highest BCUT2D eigenvalue weighted by Gasteiger charge is 2.38. The molecule has 0 bridgehead atoms. The first-order valence-electron chi connectivity index (χ1n) is 5.83. The molecular formula is C13H16IN. The molecule has 0 spiro atoms. The Hall–Kier alpha value is -0.250. The van der Waals surface area contributed by atoms with Gasteiger partial charge in [0.15, 0.2) is 0 Å². The van der Waals surface area contributed by atoms with E-state index in [4.69, 9.17) is 0 Å². The van der Waals surface area contributed by atoms with Gasteiger partial charge in [0, 0.05) is 17.6 Å². The minimum atomic E-state index is 0.774. The zero-order valence-corrected chi connectivity index (χ0v) is 11.2. The molecule has 2 atom stereocenters. The molecule has 1 aliphatic carbocycles. The van der Waals surface area contributed by atoms with Crippen LogP contribution in [0.4, 0.5) is 5.69 Å². The van der Waals surface area contributed by atoms with Gasteiger partial charge in [-0.3, -0.25) is 0 Å². The second-order valence-corrected chi connectivity index (χ2v) is 5.87. The quantitative estimate of drug-likeness (QED) is 0.513.